The highest BCUT2D eigenvalue weighted by Crippen LogP contribution is 2.25. The number of carbonyl (C=O) groups excluding carboxylic acids is 1. The maximum atomic E-state index is 12.1. The molecule has 0 unspecified atom stereocenters. The van der Waals surface area contributed by atoms with Gasteiger partial charge >= 0.3 is 0 Å². The minimum atomic E-state index is -3.57. The van der Waals surface area contributed by atoms with E-state index >= 15 is 0 Å². The number of carbonyl (C=O) groups is 1. The monoisotopic (exact) mass is 360 g/mol. The molecule has 2 aromatic carbocycles. The first-order chi connectivity index (χ1) is 11.9. The SMILES string of the molecule is CS(=O)(=O)N(CC(=O)NC1CC1)c1ccc(Oc2ccccc2)cc1. The van der Waals surface area contributed by atoms with Gasteiger partial charge in [0.2, 0.25) is 15.9 Å². The molecule has 2 aromatic rings. The van der Waals surface area contributed by atoms with Crippen LogP contribution in [0.4, 0.5) is 5.69 Å². The highest BCUT2D eigenvalue weighted by molar-refractivity contribution is 7.92. The molecule has 0 aromatic heterocycles. The Hall–Kier alpha value is -2.54. The van der Waals surface area contributed by atoms with E-state index in [0.29, 0.717) is 17.2 Å². The largest absolute Gasteiger partial charge is 0.457 e. The minimum Gasteiger partial charge on any atom is -0.457 e. The van der Waals surface area contributed by atoms with Gasteiger partial charge in [0.1, 0.15) is 18.0 Å². The molecule has 6 nitrogen and oxygen atoms in total. The Morgan fingerprint density at radius 2 is 1.68 bits per heavy atom. The van der Waals surface area contributed by atoms with E-state index in [1.807, 2.05) is 30.3 Å². The van der Waals surface area contributed by atoms with E-state index in [1.54, 1.807) is 24.3 Å². The fourth-order valence-electron chi connectivity index (χ4n) is 2.34. The summed E-state index contributed by atoms with van der Waals surface area (Å²) < 4.78 is 30.9. The fourth-order valence-corrected chi connectivity index (χ4v) is 3.19. The lowest BCUT2D eigenvalue weighted by Gasteiger charge is -2.22. The van der Waals surface area contributed by atoms with Gasteiger partial charge in [-0.1, -0.05) is 18.2 Å². The third kappa shape index (κ3) is 4.96. The van der Waals surface area contributed by atoms with Crippen molar-refractivity contribution in [2.75, 3.05) is 17.1 Å². The second kappa shape index (κ2) is 7.14. The van der Waals surface area contributed by atoms with Crippen LogP contribution in [0.5, 0.6) is 11.5 Å². The molecular formula is C18H20N2O4S. The topological polar surface area (TPSA) is 75.7 Å². The summed E-state index contributed by atoms with van der Waals surface area (Å²) in [5, 5.41) is 2.80. The molecule has 0 radical (unpaired) electrons. The van der Waals surface area contributed by atoms with Crippen molar-refractivity contribution >= 4 is 21.6 Å². The number of nitrogens with one attached hydrogen (secondary N) is 1. The predicted octanol–water partition coefficient (Wildman–Crippen LogP) is 2.52. The van der Waals surface area contributed by atoms with Gasteiger partial charge in [-0.2, -0.15) is 0 Å². The van der Waals surface area contributed by atoms with E-state index < -0.39 is 10.0 Å². The summed E-state index contributed by atoms with van der Waals surface area (Å²) in [6.07, 6.45) is 3.00. The van der Waals surface area contributed by atoms with Crippen molar-refractivity contribution < 1.29 is 17.9 Å². The molecule has 1 aliphatic rings. The van der Waals surface area contributed by atoms with Crippen LogP contribution in [0.25, 0.3) is 0 Å². The van der Waals surface area contributed by atoms with Crippen LogP contribution in [0.3, 0.4) is 0 Å². The second-order valence-corrected chi connectivity index (χ2v) is 7.93. The Kier molecular flexibility index (Phi) is 4.94. The average Bonchev–Trinajstić information content (AvgIpc) is 3.37. The highest BCUT2D eigenvalue weighted by atomic mass is 32.2. The number of nitrogens with zero attached hydrogens (tertiary/aromatic N) is 1. The van der Waals surface area contributed by atoms with Crippen LogP contribution in [-0.2, 0) is 14.8 Å². The zero-order valence-corrected chi connectivity index (χ0v) is 14.7. The van der Waals surface area contributed by atoms with Crippen molar-refractivity contribution in [1.29, 1.82) is 0 Å². The summed E-state index contributed by atoms with van der Waals surface area (Å²) in [7, 11) is -3.57. The van der Waals surface area contributed by atoms with Gasteiger partial charge in [-0.25, -0.2) is 8.42 Å². The number of benzene rings is 2. The maximum Gasteiger partial charge on any atom is 0.240 e. The molecule has 0 spiro atoms. The lowest BCUT2D eigenvalue weighted by molar-refractivity contribution is -0.119. The summed E-state index contributed by atoms with van der Waals surface area (Å²) in [6, 6.07) is 16.1. The van der Waals surface area contributed by atoms with Crippen LogP contribution in [0.2, 0.25) is 0 Å². The highest BCUT2D eigenvalue weighted by Gasteiger charge is 2.26. The van der Waals surface area contributed by atoms with E-state index in [9.17, 15) is 13.2 Å². The number of amides is 1. The van der Waals surface area contributed by atoms with Crippen molar-refractivity contribution in [3.63, 3.8) is 0 Å². The first kappa shape index (κ1) is 17.3. The number of ether oxygens (including phenoxy) is 1. The van der Waals surface area contributed by atoms with E-state index in [1.165, 1.54) is 0 Å². The van der Waals surface area contributed by atoms with Gasteiger partial charge in [-0.3, -0.25) is 9.10 Å². The van der Waals surface area contributed by atoms with Crippen molar-refractivity contribution in [3.05, 3.63) is 54.6 Å². The van der Waals surface area contributed by atoms with Crippen LogP contribution in [-0.4, -0.2) is 33.2 Å². The Balaban J connectivity index is 1.73. The number of hydrogen-bond donors (Lipinski definition) is 1. The summed E-state index contributed by atoms with van der Waals surface area (Å²) in [5.41, 5.74) is 0.425. The molecule has 1 fully saturated rings. The average molecular weight is 360 g/mol. The predicted molar refractivity (Wildman–Crippen MR) is 96.3 cm³/mol. The molecule has 1 aliphatic carbocycles. The standard InChI is InChI=1S/C18H20N2O4S/c1-25(22,23)20(13-18(21)19-14-7-8-14)15-9-11-17(12-10-15)24-16-5-3-2-4-6-16/h2-6,9-12,14H,7-8,13H2,1H3,(H,19,21). The molecule has 7 heteroatoms. The van der Waals surface area contributed by atoms with Crippen molar-refractivity contribution in [1.82, 2.24) is 5.32 Å². The number of sulfonamides is 1. The van der Waals surface area contributed by atoms with E-state index in [-0.39, 0.29) is 18.5 Å². The minimum absolute atomic E-state index is 0.190. The smallest absolute Gasteiger partial charge is 0.240 e. The Labute approximate surface area is 147 Å². The van der Waals surface area contributed by atoms with Crippen LogP contribution in [0, 0.1) is 0 Å². The van der Waals surface area contributed by atoms with E-state index in [2.05, 4.69) is 5.32 Å². The normalized spacial score (nSPS) is 14.0. The molecule has 25 heavy (non-hydrogen) atoms. The summed E-state index contributed by atoms with van der Waals surface area (Å²) in [5.74, 6) is 0.988. The third-order valence-electron chi connectivity index (χ3n) is 3.73. The van der Waals surface area contributed by atoms with E-state index in [0.717, 1.165) is 23.4 Å². The van der Waals surface area contributed by atoms with Crippen LogP contribution < -0.4 is 14.4 Å². The van der Waals surface area contributed by atoms with Gasteiger partial charge in [0.15, 0.2) is 0 Å². The van der Waals surface area contributed by atoms with Crippen LogP contribution in [0.1, 0.15) is 12.8 Å². The lowest BCUT2D eigenvalue weighted by atomic mass is 10.3. The zero-order chi connectivity index (χ0) is 17.9. The number of anilines is 1. The van der Waals surface area contributed by atoms with Crippen LogP contribution in [0.15, 0.2) is 54.6 Å². The molecule has 0 bridgehead atoms. The number of rotatable bonds is 7. The molecule has 132 valence electrons. The molecule has 0 saturated heterocycles. The first-order valence-electron chi connectivity index (χ1n) is 8.02. The lowest BCUT2D eigenvalue weighted by Crippen LogP contribution is -2.41. The molecule has 1 amide bonds. The van der Waals surface area contributed by atoms with Crippen molar-refractivity contribution in [2.45, 2.75) is 18.9 Å². The van der Waals surface area contributed by atoms with Gasteiger partial charge in [0.25, 0.3) is 0 Å². The Morgan fingerprint density at radius 3 is 2.24 bits per heavy atom. The van der Waals surface area contributed by atoms with Crippen LogP contribution >= 0.6 is 0 Å². The third-order valence-corrected chi connectivity index (χ3v) is 4.87. The molecule has 0 heterocycles. The number of hydrogen-bond acceptors (Lipinski definition) is 4. The second-order valence-electron chi connectivity index (χ2n) is 6.02. The maximum absolute atomic E-state index is 12.1. The van der Waals surface area contributed by atoms with Gasteiger partial charge in [0, 0.05) is 6.04 Å². The molecular weight excluding hydrogens is 340 g/mol. The number of para-hydroxylation sites is 1. The summed E-state index contributed by atoms with van der Waals surface area (Å²) >= 11 is 0. The molecule has 0 atom stereocenters. The molecule has 0 aliphatic heterocycles. The summed E-state index contributed by atoms with van der Waals surface area (Å²) in [4.78, 5) is 12.0. The Morgan fingerprint density at radius 1 is 1.08 bits per heavy atom. The fraction of sp³-hybridized carbons (Fsp3) is 0.278. The first-order valence-corrected chi connectivity index (χ1v) is 9.87. The van der Waals surface area contributed by atoms with Gasteiger partial charge in [-0.05, 0) is 49.2 Å². The molecule has 3 rings (SSSR count). The van der Waals surface area contributed by atoms with Gasteiger partial charge < -0.3 is 10.1 Å². The summed E-state index contributed by atoms with van der Waals surface area (Å²) in [6.45, 7) is -0.228. The van der Waals surface area contributed by atoms with E-state index in [4.69, 9.17) is 4.74 Å². The molecule has 1 N–H and O–H groups in total. The Bertz CT molecular complexity index is 831. The van der Waals surface area contributed by atoms with Gasteiger partial charge in [0.05, 0.1) is 11.9 Å². The van der Waals surface area contributed by atoms with Crippen molar-refractivity contribution in [3.8, 4) is 11.5 Å². The quantitative estimate of drug-likeness (QED) is 0.823. The zero-order valence-electron chi connectivity index (χ0n) is 13.9. The molecule has 1 saturated carbocycles. The van der Waals surface area contributed by atoms with Gasteiger partial charge in [-0.15, -0.1) is 0 Å². The van der Waals surface area contributed by atoms with Crippen molar-refractivity contribution in [2.24, 2.45) is 0 Å².